The second kappa shape index (κ2) is 28.7. The van der Waals surface area contributed by atoms with E-state index in [9.17, 15) is 21.0 Å². The van der Waals surface area contributed by atoms with Gasteiger partial charge in [0, 0.05) is 109 Å². The van der Waals surface area contributed by atoms with Crippen LogP contribution in [-0.4, -0.2) is 22.8 Å². The molecule has 11 nitrogen and oxygen atoms in total. The van der Waals surface area contributed by atoms with Crippen molar-refractivity contribution in [3.8, 4) is 86.1 Å². The summed E-state index contributed by atoms with van der Waals surface area (Å²) >= 11 is 0. The zero-order chi connectivity index (χ0) is 81.9. The van der Waals surface area contributed by atoms with Crippen LogP contribution in [0.1, 0.15) is 22.3 Å². The Balaban J connectivity index is 0.000000108. The lowest BCUT2D eigenvalue weighted by molar-refractivity contribution is 0.669. The highest BCUT2D eigenvalue weighted by atomic mass is 16.3. The Hall–Kier alpha value is -17.5. The normalized spacial score (nSPS) is 11.5. The van der Waals surface area contributed by atoms with Gasteiger partial charge in [-0.1, -0.05) is 218 Å². The van der Waals surface area contributed by atoms with Gasteiger partial charge in [0.05, 0.1) is 102 Å². The Labute approximate surface area is 703 Å². The molecule has 0 aliphatic rings. The van der Waals surface area contributed by atoms with E-state index >= 15 is 0 Å². The molecule has 0 unspecified atom stereocenters. The van der Waals surface area contributed by atoms with Crippen molar-refractivity contribution in [1.29, 1.82) is 21.0 Å². The summed E-state index contributed by atoms with van der Waals surface area (Å²) in [5, 5.41) is 55.0. The van der Waals surface area contributed by atoms with E-state index in [0.29, 0.717) is 22.3 Å². The molecule has 0 saturated carbocycles. The van der Waals surface area contributed by atoms with Crippen LogP contribution in [0.4, 0.5) is 0 Å². The minimum absolute atomic E-state index is 0.576. The molecule has 0 fully saturated rings. The van der Waals surface area contributed by atoms with E-state index in [2.05, 4.69) is 314 Å². The maximum atomic E-state index is 10.2. The summed E-state index contributed by atoms with van der Waals surface area (Å²) in [4.78, 5) is 0. The van der Waals surface area contributed by atoms with Gasteiger partial charge in [0.1, 0.15) is 22.3 Å². The van der Waals surface area contributed by atoms with Crippen molar-refractivity contribution in [2.45, 2.75) is 0 Å². The molecule has 0 saturated heterocycles. The van der Waals surface area contributed by atoms with Crippen LogP contribution in [0.25, 0.3) is 215 Å². The predicted octanol–water partition coefficient (Wildman–Crippen LogP) is 28.8. The highest BCUT2D eigenvalue weighted by Gasteiger charge is 2.25. The summed E-state index contributed by atoms with van der Waals surface area (Å²) in [6.07, 6.45) is 0. The first-order valence-corrected chi connectivity index (χ1v) is 40.8. The Morgan fingerprint density at radius 3 is 1.03 bits per heavy atom. The van der Waals surface area contributed by atoms with E-state index in [4.69, 9.17) is 8.83 Å². The van der Waals surface area contributed by atoms with Gasteiger partial charge in [-0.15, -0.1) is 0 Å². The molecule has 123 heavy (non-hydrogen) atoms. The second-order valence-corrected chi connectivity index (χ2v) is 31.1. The molecule has 0 aliphatic carbocycles. The zero-order valence-corrected chi connectivity index (χ0v) is 65.9. The molecular weight excluding hydrogens is 1500 g/mol. The standard InChI is InChI=1S/C42H26N2O.C38H22N4.C32H17N3O/c1-6-19-37-30(14-1)31-15-2-7-20-38(31)43(37)28-13-11-12-27(24-28)35-25-29(26-36-34-18-5-10-23-41(34)45-42(35)36)44-39-21-8-3-16-32(39)33-17-4-9-22-40(33)44;39-23-25-17-18-36-33(21-25)31-11-4-6-14-34(31)42(36)29-20-26(24-40)19-27(22-29)30-13-8-16-37-38(30)32-12-5-7-15-35(32)41(37)28-9-2-1-3-10-28;33-18-20-12-13-29-27(16-20)25-6-1-3-9-28(25)35(29)23-15-21(19-34)14-22(17-23)24-8-5-11-31-32(24)26-7-2-4-10-30(26)36-31/h1-26H;1-22H;1-17H. The van der Waals surface area contributed by atoms with Gasteiger partial charge in [-0.3, -0.25) is 0 Å². The van der Waals surface area contributed by atoms with Crippen LogP contribution in [0.3, 0.4) is 0 Å². The van der Waals surface area contributed by atoms with Crippen LogP contribution in [0.5, 0.6) is 0 Å². The number of fused-ring (bicyclic) bond motifs is 21. The maximum absolute atomic E-state index is 10.2. The van der Waals surface area contributed by atoms with Gasteiger partial charge in [0.15, 0.2) is 0 Å². The molecule has 0 aliphatic heterocycles. The van der Waals surface area contributed by atoms with E-state index in [1.807, 2.05) is 127 Å². The SMILES string of the molecule is N#Cc1cc(-c2cccc3c2c2ccccc2n3-c2ccccc2)cc(-n2c3ccccc3c3cc(C#N)ccc32)c1.N#Cc1cc(-c2cccc3oc4ccccc4c23)cc(-n2c3ccccc3c3cc(C#N)ccc32)c1.c1cc(-c2cc(-n3c4ccccc4c4ccccc43)cc3c2oc2ccccc23)cc(-n2c3ccccc3c3ccccc32)c1. The van der Waals surface area contributed by atoms with Crippen molar-refractivity contribution in [1.82, 2.24) is 22.8 Å². The summed E-state index contributed by atoms with van der Waals surface area (Å²) in [6.45, 7) is 0. The number of furan rings is 2. The van der Waals surface area contributed by atoms with Gasteiger partial charge in [0.2, 0.25) is 0 Å². The molecule has 11 heteroatoms. The molecule has 25 rings (SSSR count). The second-order valence-electron chi connectivity index (χ2n) is 31.1. The molecular formula is C112H65N9O2. The number of benzene rings is 18. The molecule has 0 N–H and O–H groups in total. The lowest BCUT2D eigenvalue weighted by atomic mass is 9.97. The van der Waals surface area contributed by atoms with E-state index in [1.54, 1.807) is 0 Å². The average molecular weight is 1570 g/mol. The Bertz CT molecular complexity index is 8810. The van der Waals surface area contributed by atoms with E-state index in [1.165, 1.54) is 43.6 Å². The third-order valence-corrected chi connectivity index (χ3v) is 24.2. The third-order valence-electron chi connectivity index (χ3n) is 24.2. The molecule has 7 heterocycles. The van der Waals surface area contributed by atoms with Crippen molar-refractivity contribution in [2.75, 3.05) is 0 Å². The fourth-order valence-electron chi connectivity index (χ4n) is 19.1. The van der Waals surface area contributed by atoms with Crippen LogP contribution < -0.4 is 0 Å². The van der Waals surface area contributed by atoms with Crippen molar-refractivity contribution < 1.29 is 8.83 Å². The Kier molecular flexibility index (Phi) is 16.5. The first-order chi connectivity index (χ1) is 60.8. The highest BCUT2D eigenvalue weighted by molar-refractivity contribution is 6.19. The fraction of sp³-hybridized carbons (Fsp3) is 0. The lowest BCUT2D eigenvalue weighted by Crippen LogP contribution is -1.96. The molecule has 0 radical (unpaired) electrons. The Morgan fingerprint density at radius 1 is 0.179 bits per heavy atom. The van der Waals surface area contributed by atoms with E-state index in [0.717, 1.165) is 171 Å². The van der Waals surface area contributed by atoms with Gasteiger partial charge < -0.3 is 31.7 Å². The van der Waals surface area contributed by atoms with Crippen molar-refractivity contribution in [3.05, 3.63) is 417 Å². The topological polar surface area (TPSA) is 146 Å². The number of rotatable bonds is 8. The average Bonchev–Trinajstić information content (AvgIpc) is 1.59. The largest absolute Gasteiger partial charge is 0.456 e. The van der Waals surface area contributed by atoms with Crippen molar-refractivity contribution >= 4 is 153 Å². The number of para-hydroxylation sites is 10. The molecule has 570 valence electrons. The predicted molar refractivity (Wildman–Crippen MR) is 501 cm³/mol. The maximum Gasteiger partial charge on any atom is 0.143 e. The number of aromatic nitrogens is 5. The zero-order valence-electron chi connectivity index (χ0n) is 65.9. The minimum atomic E-state index is 0.576. The van der Waals surface area contributed by atoms with E-state index < -0.39 is 0 Å². The van der Waals surface area contributed by atoms with Gasteiger partial charge in [0.25, 0.3) is 0 Å². The van der Waals surface area contributed by atoms with Crippen LogP contribution in [0.2, 0.25) is 0 Å². The van der Waals surface area contributed by atoms with Gasteiger partial charge in [-0.25, -0.2) is 0 Å². The Morgan fingerprint density at radius 2 is 0.528 bits per heavy atom. The van der Waals surface area contributed by atoms with Gasteiger partial charge in [-0.05, 0) is 204 Å². The monoisotopic (exact) mass is 1570 g/mol. The first kappa shape index (κ1) is 70.9. The summed E-state index contributed by atoms with van der Waals surface area (Å²) in [6, 6.07) is 145. The first-order valence-electron chi connectivity index (χ1n) is 40.8. The molecule has 18 aromatic carbocycles. The van der Waals surface area contributed by atoms with Crippen molar-refractivity contribution in [3.63, 3.8) is 0 Å². The number of nitriles is 4. The number of hydrogen-bond donors (Lipinski definition) is 0. The highest BCUT2D eigenvalue weighted by Crippen LogP contribution is 2.46. The minimum Gasteiger partial charge on any atom is -0.456 e. The van der Waals surface area contributed by atoms with E-state index in [-0.39, 0.29) is 0 Å². The van der Waals surface area contributed by atoms with Crippen LogP contribution >= 0.6 is 0 Å². The number of nitrogens with zero attached hydrogens (tertiary/aromatic N) is 9. The van der Waals surface area contributed by atoms with Crippen molar-refractivity contribution in [2.24, 2.45) is 0 Å². The molecule has 0 atom stereocenters. The third kappa shape index (κ3) is 11.5. The lowest BCUT2D eigenvalue weighted by Gasteiger charge is -2.13. The van der Waals surface area contributed by atoms with Crippen LogP contribution in [0.15, 0.2) is 403 Å². The molecule has 0 bridgehead atoms. The molecule has 25 aromatic rings. The van der Waals surface area contributed by atoms with Gasteiger partial charge in [-0.2, -0.15) is 21.0 Å². The summed E-state index contributed by atoms with van der Waals surface area (Å²) in [5.74, 6) is 0. The molecule has 0 amide bonds. The summed E-state index contributed by atoms with van der Waals surface area (Å²) in [5.41, 5.74) is 28.3. The van der Waals surface area contributed by atoms with Crippen LogP contribution in [-0.2, 0) is 0 Å². The number of hydrogen-bond acceptors (Lipinski definition) is 6. The fourth-order valence-corrected chi connectivity index (χ4v) is 19.1. The molecule has 7 aromatic heterocycles. The quantitative estimate of drug-likeness (QED) is 0.148. The summed E-state index contributed by atoms with van der Waals surface area (Å²) < 4.78 is 24.2. The molecule has 0 spiro atoms. The smallest absolute Gasteiger partial charge is 0.143 e. The van der Waals surface area contributed by atoms with Crippen LogP contribution in [0, 0.1) is 45.3 Å². The summed E-state index contributed by atoms with van der Waals surface area (Å²) in [7, 11) is 0. The van der Waals surface area contributed by atoms with Gasteiger partial charge >= 0.3 is 0 Å².